The summed E-state index contributed by atoms with van der Waals surface area (Å²) in [7, 11) is 0. The van der Waals surface area contributed by atoms with E-state index in [1.165, 1.54) is 0 Å². The van der Waals surface area contributed by atoms with Crippen LogP contribution in [0, 0.1) is 0 Å². The molecule has 4 rings (SSSR count). The molecule has 1 aliphatic heterocycles. The number of nitrogens with zero attached hydrogens (tertiary/aromatic N) is 4. The molecule has 2 aromatic heterocycles. The minimum absolute atomic E-state index is 0.0234. The van der Waals surface area contributed by atoms with E-state index in [0.29, 0.717) is 12.6 Å². The maximum Gasteiger partial charge on any atom is 0.260 e. The Balaban J connectivity index is 1.47. The van der Waals surface area contributed by atoms with Crippen LogP contribution < -0.4 is 4.74 Å². The fourth-order valence-corrected chi connectivity index (χ4v) is 3.74. The Morgan fingerprint density at radius 1 is 1.26 bits per heavy atom. The largest absolute Gasteiger partial charge is 0.484 e. The number of carbonyl (C=O) groups is 1. The predicted octanol–water partition coefficient (Wildman–Crippen LogP) is 3.41. The van der Waals surface area contributed by atoms with Crippen LogP contribution in [-0.2, 0) is 4.79 Å². The van der Waals surface area contributed by atoms with Gasteiger partial charge in [0.05, 0.1) is 17.2 Å². The van der Waals surface area contributed by atoms with Crippen LogP contribution in [0.5, 0.6) is 5.75 Å². The number of benzene rings is 1. The second kappa shape index (κ2) is 7.39. The molecule has 0 radical (unpaired) electrons. The number of amides is 1. The van der Waals surface area contributed by atoms with E-state index in [0.717, 1.165) is 35.6 Å². The Morgan fingerprint density at radius 2 is 2.07 bits per heavy atom. The lowest BCUT2D eigenvalue weighted by Crippen LogP contribution is -2.33. The average Bonchev–Trinajstić information content (AvgIpc) is 3.31. The van der Waals surface area contributed by atoms with Gasteiger partial charge in [0.25, 0.3) is 5.91 Å². The lowest BCUT2D eigenvalue weighted by atomic mass is 10.1. The van der Waals surface area contributed by atoms with Crippen molar-refractivity contribution in [3.63, 3.8) is 0 Å². The van der Waals surface area contributed by atoms with Gasteiger partial charge in [-0.15, -0.1) is 0 Å². The number of carbonyl (C=O) groups excluding carboxylic acids is 1. The third-order valence-electron chi connectivity index (χ3n) is 5.05. The molecular formula is C21H24N4O2. The summed E-state index contributed by atoms with van der Waals surface area (Å²) in [4.78, 5) is 23.5. The number of hydrogen-bond donors (Lipinski definition) is 0. The minimum Gasteiger partial charge on any atom is -0.484 e. The molecule has 3 heterocycles. The number of rotatable bonds is 5. The van der Waals surface area contributed by atoms with Gasteiger partial charge < -0.3 is 14.2 Å². The highest BCUT2D eigenvalue weighted by Crippen LogP contribution is 2.31. The summed E-state index contributed by atoms with van der Waals surface area (Å²) in [6, 6.07) is 11.7. The molecule has 0 aliphatic carbocycles. The number of fused-ring (bicyclic) bond motifs is 1. The summed E-state index contributed by atoms with van der Waals surface area (Å²) in [5.74, 6) is 2.03. The van der Waals surface area contributed by atoms with E-state index in [4.69, 9.17) is 9.72 Å². The molecule has 1 aliphatic rings. The first-order valence-electron chi connectivity index (χ1n) is 9.41. The van der Waals surface area contributed by atoms with Gasteiger partial charge in [-0.2, -0.15) is 0 Å². The molecule has 3 aromatic rings. The van der Waals surface area contributed by atoms with Crippen LogP contribution in [0.2, 0.25) is 0 Å². The topological polar surface area (TPSA) is 60.2 Å². The van der Waals surface area contributed by atoms with Crippen LogP contribution >= 0.6 is 0 Å². The fourth-order valence-electron chi connectivity index (χ4n) is 3.74. The standard InChI is InChI=1S/C21H24N4O2/c1-15(2)25-19-12-22-10-8-18(19)23-21(25)16-9-11-24(13-16)20(26)14-27-17-6-4-3-5-7-17/h3-8,10,12,15-16H,9,11,13-14H2,1-2H3/t16-/m0/s1. The van der Waals surface area contributed by atoms with E-state index in [1.807, 2.05) is 47.5 Å². The third-order valence-corrected chi connectivity index (χ3v) is 5.05. The summed E-state index contributed by atoms with van der Waals surface area (Å²) in [6.07, 6.45) is 4.56. The van der Waals surface area contributed by atoms with Crippen molar-refractivity contribution in [1.29, 1.82) is 0 Å². The SMILES string of the molecule is CC(C)n1c([C@H]2CCN(C(=O)COc3ccccc3)C2)nc2ccncc21. The van der Waals surface area contributed by atoms with Crippen LogP contribution in [0.4, 0.5) is 0 Å². The molecule has 0 saturated carbocycles. The molecule has 1 saturated heterocycles. The highest BCUT2D eigenvalue weighted by atomic mass is 16.5. The number of aromatic nitrogens is 3. The zero-order chi connectivity index (χ0) is 18.8. The lowest BCUT2D eigenvalue weighted by molar-refractivity contribution is -0.132. The first-order chi connectivity index (χ1) is 13.1. The lowest BCUT2D eigenvalue weighted by Gasteiger charge is -2.19. The number of hydrogen-bond acceptors (Lipinski definition) is 4. The summed E-state index contributed by atoms with van der Waals surface area (Å²) >= 11 is 0. The molecule has 6 heteroatoms. The van der Waals surface area contributed by atoms with Gasteiger partial charge >= 0.3 is 0 Å². The second-order valence-corrected chi connectivity index (χ2v) is 7.23. The fraction of sp³-hybridized carbons (Fsp3) is 0.381. The average molecular weight is 364 g/mol. The minimum atomic E-state index is 0.0234. The quantitative estimate of drug-likeness (QED) is 0.696. The highest BCUT2D eigenvalue weighted by molar-refractivity contribution is 5.78. The van der Waals surface area contributed by atoms with E-state index >= 15 is 0 Å². The Bertz CT molecular complexity index is 936. The van der Waals surface area contributed by atoms with Crippen molar-refractivity contribution in [3.05, 3.63) is 54.6 Å². The van der Waals surface area contributed by atoms with Gasteiger partial charge in [-0.05, 0) is 38.5 Å². The van der Waals surface area contributed by atoms with Crippen molar-refractivity contribution in [2.45, 2.75) is 32.2 Å². The molecule has 0 N–H and O–H groups in total. The van der Waals surface area contributed by atoms with E-state index < -0.39 is 0 Å². The van der Waals surface area contributed by atoms with Crippen LogP contribution in [0.25, 0.3) is 11.0 Å². The number of para-hydroxylation sites is 1. The van der Waals surface area contributed by atoms with Gasteiger partial charge in [-0.3, -0.25) is 9.78 Å². The van der Waals surface area contributed by atoms with Gasteiger partial charge in [0, 0.05) is 31.2 Å². The zero-order valence-corrected chi connectivity index (χ0v) is 15.7. The molecule has 1 aromatic carbocycles. The first-order valence-corrected chi connectivity index (χ1v) is 9.41. The van der Waals surface area contributed by atoms with Crippen molar-refractivity contribution >= 4 is 16.9 Å². The van der Waals surface area contributed by atoms with Gasteiger partial charge in [0.1, 0.15) is 11.6 Å². The zero-order valence-electron chi connectivity index (χ0n) is 15.7. The second-order valence-electron chi connectivity index (χ2n) is 7.23. The van der Waals surface area contributed by atoms with Gasteiger partial charge in [-0.1, -0.05) is 18.2 Å². The summed E-state index contributed by atoms with van der Waals surface area (Å²) < 4.78 is 7.86. The number of likely N-dealkylation sites (tertiary alicyclic amines) is 1. The molecule has 0 spiro atoms. The summed E-state index contributed by atoms with van der Waals surface area (Å²) in [5.41, 5.74) is 2.02. The van der Waals surface area contributed by atoms with Crippen LogP contribution in [0.15, 0.2) is 48.8 Å². The molecular weight excluding hydrogens is 340 g/mol. The van der Waals surface area contributed by atoms with Gasteiger partial charge in [0.15, 0.2) is 6.61 Å². The van der Waals surface area contributed by atoms with E-state index in [1.54, 1.807) is 6.20 Å². The third kappa shape index (κ3) is 3.52. The maximum atomic E-state index is 12.6. The molecule has 0 unspecified atom stereocenters. The Kier molecular flexibility index (Phi) is 4.79. The van der Waals surface area contributed by atoms with Gasteiger partial charge in [0.2, 0.25) is 0 Å². The smallest absolute Gasteiger partial charge is 0.260 e. The van der Waals surface area contributed by atoms with Crippen LogP contribution in [0.1, 0.15) is 38.1 Å². The van der Waals surface area contributed by atoms with Crippen molar-refractivity contribution in [1.82, 2.24) is 19.4 Å². The Morgan fingerprint density at radius 3 is 2.85 bits per heavy atom. The number of imidazole rings is 1. The van der Waals surface area contributed by atoms with E-state index in [9.17, 15) is 4.79 Å². The first kappa shape index (κ1) is 17.5. The van der Waals surface area contributed by atoms with Crippen molar-refractivity contribution < 1.29 is 9.53 Å². The number of pyridine rings is 1. The summed E-state index contributed by atoms with van der Waals surface area (Å²) in [6.45, 7) is 5.80. The van der Waals surface area contributed by atoms with Crippen LogP contribution in [-0.4, -0.2) is 45.0 Å². The monoisotopic (exact) mass is 364 g/mol. The molecule has 1 amide bonds. The predicted molar refractivity (Wildman–Crippen MR) is 104 cm³/mol. The summed E-state index contributed by atoms with van der Waals surface area (Å²) in [5, 5.41) is 0. The molecule has 140 valence electrons. The van der Waals surface area contributed by atoms with Crippen molar-refractivity contribution in [2.75, 3.05) is 19.7 Å². The molecule has 6 nitrogen and oxygen atoms in total. The molecule has 27 heavy (non-hydrogen) atoms. The molecule has 0 bridgehead atoms. The van der Waals surface area contributed by atoms with Crippen molar-refractivity contribution in [2.24, 2.45) is 0 Å². The Labute approximate surface area is 158 Å². The maximum absolute atomic E-state index is 12.6. The molecule has 1 fully saturated rings. The number of ether oxygens (including phenoxy) is 1. The Hall–Kier alpha value is -2.89. The normalized spacial score (nSPS) is 17.0. The van der Waals surface area contributed by atoms with Gasteiger partial charge in [-0.25, -0.2) is 4.98 Å². The van der Waals surface area contributed by atoms with E-state index in [-0.39, 0.29) is 18.4 Å². The van der Waals surface area contributed by atoms with Crippen molar-refractivity contribution in [3.8, 4) is 5.75 Å². The molecule has 1 atom stereocenters. The highest BCUT2D eigenvalue weighted by Gasteiger charge is 2.31. The van der Waals surface area contributed by atoms with Crippen LogP contribution in [0.3, 0.4) is 0 Å². The van der Waals surface area contributed by atoms with E-state index in [2.05, 4.69) is 23.4 Å².